The molecule has 0 bridgehead atoms. The van der Waals surface area contributed by atoms with Crippen molar-refractivity contribution in [2.75, 3.05) is 32.7 Å². The minimum absolute atomic E-state index is 0.0416. The molecule has 1 spiro atoms. The van der Waals surface area contributed by atoms with Crippen LogP contribution < -0.4 is 5.32 Å². The van der Waals surface area contributed by atoms with Gasteiger partial charge < -0.3 is 15.0 Å². The van der Waals surface area contributed by atoms with Crippen LogP contribution in [0.2, 0.25) is 0 Å². The van der Waals surface area contributed by atoms with Gasteiger partial charge in [-0.25, -0.2) is 4.79 Å². The van der Waals surface area contributed by atoms with Gasteiger partial charge in [0.05, 0.1) is 12.1 Å². The van der Waals surface area contributed by atoms with Crippen molar-refractivity contribution in [2.24, 2.45) is 5.92 Å². The molecular formula is C33H41F3N4O4. The minimum atomic E-state index is -4.35. The van der Waals surface area contributed by atoms with E-state index in [-0.39, 0.29) is 29.4 Å². The fraction of sp³-hybridized carbons (Fsp3) is 0.545. The summed E-state index contributed by atoms with van der Waals surface area (Å²) in [6.45, 7) is 9.68. The van der Waals surface area contributed by atoms with Crippen molar-refractivity contribution < 1.29 is 32.3 Å². The number of carbonyl (C=O) groups is 3. The molecule has 2 aromatic carbocycles. The predicted molar refractivity (Wildman–Crippen MR) is 159 cm³/mol. The van der Waals surface area contributed by atoms with E-state index in [9.17, 15) is 27.6 Å². The Balaban J connectivity index is 1.08. The molecule has 3 saturated heterocycles. The Morgan fingerprint density at radius 1 is 0.886 bits per heavy atom. The van der Waals surface area contributed by atoms with Crippen molar-refractivity contribution in [1.29, 1.82) is 0 Å². The average Bonchev–Trinajstić information content (AvgIpc) is 3.27. The normalized spacial score (nSPS) is 19.7. The second kappa shape index (κ2) is 12.4. The summed E-state index contributed by atoms with van der Waals surface area (Å²) in [5.41, 5.74) is 0.779. The van der Waals surface area contributed by atoms with E-state index in [1.807, 2.05) is 32.9 Å². The molecule has 3 fully saturated rings. The Kier molecular flexibility index (Phi) is 8.98. The number of ether oxygens (including phenoxy) is 1. The number of nitrogens with zero attached hydrogens (tertiary/aromatic N) is 3. The third-order valence-electron chi connectivity index (χ3n) is 8.72. The number of rotatable bonds is 6. The Morgan fingerprint density at radius 2 is 1.45 bits per heavy atom. The van der Waals surface area contributed by atoms with E-state index in [1.165, 1.54) is 12.1 Å². The van der Waals surface area contributed by atoms with E-state index in [0.29, 0.717) is 77.1 Å². The molecule has 0 radical (unpaired) electrons. The second-order valence-electron chi connectivity index (χ2n) is 13.4. The average molecular weight is 615 g/mol. The van der Waals surface area contributed by atoms with Crippen molar-refractivity contribution in [2.45, 2.75) is 76.9 Å². The van der Waals surface area contributed by atoms with Gasteiger partial charge in [-0.15, -0.1) is 0 Å². The molecule has 3 amide bonds. The summed E-state index contributed by atoms with van der Waals surface area (Å²) in [5.74, 6) is -0.107. The summed E-state index contributed by atoms with van der Waals surface area (Å²) in [7, 11) is 0. The SMILES string of the molecule is CC(C)(C)NC(=O)C1CCN(C(=O)c2ccc(CN3CC4(CCN(Cc5ccc(C(F)(F)F)cc5)CC4)OC3=O)cc2)CC1. The fourth-order valence-corrected chi connectivity index (χ4v) is 6.22. The van der Waals surface area contributed by atoms with Gasteiger partial charge in [-0.2, -0.15) is 13.2 Å². The quantitative estimate of drug-likeness (QED) is 0.468. The zero-order chi connectivity index (χ0) is 31.7. The summed E-state index contributed by atoms with van der Waals surface area (Å²) in [5, 5.41) is 3.03. The van der Waals surface area contributed by atoms with E-state index in [4.69, 9.17) is 4.74 Å². The first-order valence-corrected chi connectivity index (χ1v) is 15.3. The Hall–Kier alpha value is -3.60. The van der Waals surface area contributed by atoms with E-state index >= 15 is 0 Å². The van der Waals surface area contributed by atoms with Gasteiger partial charge in [0.25, 0.3) is 5.91 Å². The molecule has 44 heavy (non-hydrogen) atoms. The van der Waals surface area contributed by atoms with E-state index in [0.717, 1.165) is 23.3 Å². The number of benzene rings is 2. The highest BCUT2D eigenvalue weighted by molar-refractivity contribution is 5.94. The van der Waals surface area contributed by atoms with Crippen LogP contribution in [0, 0.1) is 5.92 Å². The van der Waals surface area contributed by atoms with Crippen LogP contribution in [0.5, 0.6) is 0 Å². The molecular weight excluding hydrogens is 573 g/mol. The number of likely N-dealkylation sites (tertiary alicyclic amines) is 2. The van der Waals surface area contributed by atoms with Crippen LogP contribution in [0.3, 0.4) is 0 Å². The zero-order valence-corrected chi connectivity index (χ0v) is 25.6. The van der Waals surface area contributed by atoms with Crippen LogP contribution in [0.25, 0.3) is 0 Å². The molecule has 3 heterocycles. The lowest BCUT2D eigenvalue weighted by Gasteiger charge is -2.37. The highest BCUT2D eigenvalue weighted by Gasteiger charge is 2.46. The molecule has 0 atom stereocenters. The smallest absolute Gasteiger partial charge is 0.416 e. The number of hydrogen-bond acceptors (Lipinski definition) is 5. The van der Waals surface area contributed by atoms with Crippen molar-refractivity contribution in [3.8, 4) is 0 Å². The zero-order valence-electron chi connectivity index (χ0n) is 25.6. The van der Waals surface area contributed by atoms with Gasteiger partial charge in [0.15, 0.2) is 0 Å². The number of carbonyl (C=O) groups excluding carboxylic acids is 3. The monoisotopic (exact) mass is 614 g/mol. The first-order valence-electron chi connectivity index (χ1n) is 15.3. The molecule has 11 heteroatoms. The molecule has 3 aliphatic heterocycles. The van der Waals surface area contributed by atoms with Crippen molar-refractivity contribution >= 4 is 17.9 Å². The van der Waals surface area contributed by atoms with E-state index in [2.05, 4.69) is 10.2 Å². The van der Waals surface area contributed by atoms with Gasteiger partial charge in [0, 0.05) is 69.1 Å². The van der Waals surface area contributed by atoms with Crippen LogP contribution in [0.1, 0.15) is 73.5 Å². The minimum Gasteiger partial charge on any atom is -0.441 e. The van der Waals surface area contributed by atoms with Gasteiger partial charge in [-0.1, -0.05) is 24.3 Å². The summed E-state index contributed by atoms with van der Waals surface area (Å²) in [6, 6.07) is 12.5. The largest absolute Gasteiger partial charge is 0.441 e. The number of halogens is 3. The van der Waals surface area contributed by atoms with Crippen LogP contribution >= 0.6 is 0 Å². The van der Waals surface area contributed by atoms with Gasteiger partial charge in [-0.3, -0.25) is 19.4 Å². The molecule has 5 rings (SSSR count). The number of hydrogen-bond donors (Lipinski definition) is 1. The highest BCUT2D eigenvalue weighted by Crippen LogP contribution is 2.35. The molecule has 238 valence electrons. The maximum atomic E-state index is 13.1. The van der Waals surface area contributed by atoms with Gasteiger partial charge in [0.2, 0.25) is 5.91 Å². The van der Waals surface area contributed by atoms with Gasteiger partial charge >= 0.3 is 12.3 Å². The second-order valence-corrected chi connectivity index (χ2v) is 13.4. The molecule has 1 N–H and O–H groups in total. The predicted octanol–water partition coefficient (Wildman–Crippen LogP) is 5.46. The Bertz CT molecular complexity index is 1340. The third-order valence-corrected chi connectivity index (χ3v) is 8.72. The van der Waals surface area contributed by atoms with Crippen LogP contribution in [-0.4, -0.2) is 76.5 Å². The Labute approximate surface area is 256 Å². The van der Waals surface area contributed by atoms with Crippen LogP contribution in [-0.2, 0) is 28.8 Å². The lowest BCUT2D eigenvalue weighted by molar-refractivity contribution is -0.137. The standard InChI is InChI=1S/C33H41F3N4O4/c1-31(2,3)37-28(41)25-12-16-39(17-13-25)29(42)26-8-4-24(5-9-26)21-40-22-32(44-30(40)43)14-18-38(19-15-32)20-23-6-10-27(11-7-23)33(34,35)36/h4-11,25H,12-22H2,1-3H3,(H,37,41). The number of alkyl halides is 3. The lowest BCUT2D eigenvalue weighted by atomic mass is 9.91. The number of nitrogens with one attached hydrogen (secondary N) is 1. The first-order chi connectivity index (χ1) is 20.7. The molecule has 3 aliphatic rings. The van der Waals surface area contributed by atoms with Crippen molar-refractivity contribution in [1.82, 2.24) is 20.0 Å². The summed E-state index contributed by atoms with van der Waals surface area (Å²) in [6.07, 6.45) is -2.14. The fourth-order valence-electron chi connectivity index (χ4n) is 6.22. The highest BCUT2D eigenvalue weighted by atomic mass is 19.4. The molecule has 8 nitrogen and oxygen atoms in total. The van der Waals surface area contributed by atoms with Gasteiger partial charge in [-0.05, 0) is 69.0 Å². The molecule has 0 unspecified atom stereocenters. The molecule has 2 aromatic rings. The molecule has 0 aliphatic carbocycles. The summed E-state index contributed by atoms with van der Waals surface area (Å²) >= 11 is 0. The summed E-state index contributed by atoms with van der Waals surface area (Å²) in [4.78, 5) is 44.0. The van der Waals surface area contributed by atoms with Crippen LogP contribution in [0.4, 0.5) is 18.0 Å². The number of piperidine rings is 2. The van der Waals surface area contributed by atoms with E-state index < -0.39 is 17.3 Å². The summed E-state index contributed by atoms with van der Waals surface area (Å²) < 4.78 is 44.4. The maximum Gasteiger partial charge on any atom is 0.416 e. The van der Waals surface area contributed by atoms with Crippen LogP contribution in [0.15, 0.2) is 48.5 Å². The lowest BCUT2D eigenvalue weighted by Crippen LogP contribution is -2.47. The Morgan fingerprint density at radius 3 is 2.02 bits per heavy atom. The third kappa shape index (κ3) is 7.72. The topological polar surface area (TPSA) is 82.2 Å². The van der Waals surface area contributed by atoms with Crippen molar-refractivity contribution in [3.63, 3.8) is 0 Å². The van der Waals surface area contributed by atoms with Gasteiger partial charge in [0.1, 0.15) is 5.60 Å². The van der Waals surface area contributed by atoms with Crippen molar-refractivity contribution in [3.05, 3.63) is 70.8 Å². The molecule has 0 aromatic heterocycles. The number of amides is 3. The molecule has 0 saturated carbocycles. The first kappa shape index (κ1) is 31.8. The maximum absolute atomic E-state index is 13.1. The van der Waals surface area contributed by atoms with E-state index in [1.54, 1.807) is 21.9 Å².